The summed E-state index contributed by atoms with van der Waals surface area (Å²) in [6.07, 6.45) is -3.97. The zero-order valence-electron chi connectivity index (χ0n) is 19.3. The molecule has 3 aromatic carbocycles. The topological polar surface area (TPSA) is 83.5 Å². The van der Waals surface area contributed by atoms with E-state index in [2.05, 4.69) is 5.32 Å². The summed E-state index contributed by atoms with van der Waals surface area (Å²) in [5.74, 6) is -0.808. The van der Waals surface area contributed by atoms with Gasteiger partial charge >= 0.3 is 6.18 Å². The van der Waals surface area contributed by atoms with E-state index >= 15 is 0 Å². The van der Waals surface area contributed by atoms with Crippen molar-refractivity contribution in [3.63, 3.8) is 0 Å². The van der Waals surface area contributed by atoms with Crippen LogP contribution < -0.4 is 10.2 Å². The predicted molar refractivity (Wildman–Crippen MR) is 129 cm³/mol. The lowest BCUT2D eigenvalue weighted by atomic mass is 9.96. The number of nitrogens with one attached hydrogen (secondary N) is 1. The van der Waals surface area contributed by atoms with Gasteiger partial charge in [0.05, 0.1) is 16.2 Å². The van der Waals surface area contributed by atoms with E-state index in [9.17, 15) is 31.2 Å². The summed E-state index contributed by atoms with van der Waals surface area (Å²) in [5, 5.41) is 2.75. The lowest BCUT2D eigenvalue weighted by Gasteiger charge is -2.29. The van der Waals surface area contributed by atoms with Gasteiger partial charge in [0.1, 0.15) is 0 Å². The van der Waals surface area contributed by atoms with E-state index in [1.807, 2.05) is 0 Å². The van der Waals surface area contributed by atoms with Crippen molar-refractivity contribution in [2.24, 2.45) is 0 Å². The average Bonchev–Trinajstić information content (AvgIpc) is 2.87. The molecule has 1 N–H and O–H groups in total. The number of fused-ring (bicyclic) bond motifs is 1. The lowest BCUT2D eigenvalue weighted by molar-refractivity contribution is -0.137. The molecule has 1 aliphatic rings. The van der Waals surface area contributed by atoms with Crippen LogP contribution in [0.5, 0.6) is 0 Å². The summed E-state index contributed by atoms with van der Waals surface area (Å²) in [4.78, 5) is 27.5. The average molecular weight is 517 g/mol. The maximum Gasteiger partial charge on any atom is 0.416 e. The fourth-order valence-electron chi connectivity index (χ4n) is 3.96. The molecule has 4 rings (SSSR count). The highest BCUT2D eigenvalue weighted by molar-refractivity contribution is 7.91. The van der Waals surface area contributed by atoms with Crippen molar-refractivity contribution in [2.45, 2.75) is 31.0 Å². The fraction of sp³-hybridized carbons (Fsp3) is 0.231. The maximum atomic E-state index is 13.1. The van der Waals surface area contributed by atoms with Gasteiger partial charge < -0.3 is 10.2 Å². The Hall–Kier alpha value is -3.66. The van der Waals surface area contributed by atoms with Gasteiger partial charge in [-0.05, 0) is 66.1 Å². The normalized spacial score (nSPS) is 13.9. The summed E-state index contributed by atoms with van der Waals surface area (Å²) in [6.45, 7) is 2.04. The summed E-state index contributed by atoms with van der Waals surface area (Å²) < 4.78 is 62.5. The van der Waals surface area contributed by atoms with Gasteiger partial charge in [-0.25, -0.2) is 8.42 Å². The fourth-order valence-corrected chi connectivity index (χ4v) is 4.84. The second-order valence-corrected chi connectivity index (χ2v) is 10.6. The molecule has 0 atom stereocenters. The molecule has 0 aliphatic carbocycles. The number of anilines is 1. The molecule has 0 spiro atoms. The van der Waals surface area contributed by atoms with E-state index in [-0.39, 0.29) is 22.8 Å². The number of hydrogen-bond acceptors (Lipinski definition) is 4. The number of carbonyl (C=O) groups excluding carboxylic acids is 2. The quantitative estimate of drug-likeness (QED) is 0.518. The number of alkyl halides is 3. The Morgan fingerprint density at radius 2 is 1.67 bits per heavy atom. The summed E-state index contributed by atoms with van der Waals surface area (Å²) in [6, 6.07) is 15.4. The standard InChI is InChI=1S/C26H23F3N2O4S/c1-2-36(34,35)22-11-3-17(4-12-22)16-30-24(32)19-6-5-18-13-14-31(25(33)23(18)15-19)21-9-7-20(8-10-21)26(27,28)29/h3-12,15H,2,13-14,16H2,1H3,(H,30,32). The zero-order chi connectivity index (χ0) is 26.1. The van der Waals surface area contributed by atoms with E-state index in [4.69, 9.17) is 0 Å². The van der Waals surface area contributed by atoms with Crippen molar-refractivity contribution in [1.29, 1.82) is 0 Å². The van der Waals surface area contributed by atoms with Gasteiger partial charge in [0.2, 0.25) is 0 Å². The predicted octanol–water partition coefficient (Wildman–Crippen LogP) is 4.63. The number of carbonyl (C=O) groups is 2. The summed E-state index contributed by atoms with van der Waals surface area (Å²) in [5.41, 5.74) is 1.61. The summed E-state index contributed by atoms with van der Waals surface area (Å²) in [7, 11) is -3.31. The van der Waals surface area contributed by atoms with Crippen LogP contribution in [0.3, 0.4) is 0 Å². The van der Waals surface area contributed by atoms with Crippen LogP contribution in [0, 0.1) is 0 Å². The minimum atomic E-state index is -4.46. The highest BCUT2D eigenvalue weighted by atomic mass is 32.2. The molecule has 0 fully saturated rings. The van der Waals surface area contributed by atoms with Crippen molar-refractivity contribution < 1.29 is 31.2 Å². The van der Waals surface area contributed by atoms with Crippen LogP contribution >= 0.6 is 0 Å². The molecule has 0 aromatic heterocycles. The molecule has 1 heterocycles. The van der Waals surface area contributed by atoms with Crippen LogP contribution in [0.15, 0.2) is 71.6 Å². The smallest absolute Gasteiger partial charge is 0.348 e. The molecule has 36 heavy (non-hydrogen) atoms. The molecule has 3 aromatic rings. The number of amides is 2. The first-order valence-electron chi connectivity index (χ1n) is 11.2. The van der Waals surface area contributed by atoms with Gasteiger partial charge in [0.25, 0.3) is 11.8 Å². The highest BCUT2D eigenvalue weighted by Gasteiger charge is 2.31. The van der Waals surface area contributed by atoms with Crippen LogP contribution in [0.4, 0.5) is 18.9 Å². The number of sulfone groups is 1. The highest BCUT2D eigenvalue weighted by Crippen LogP contribution is 2.32. The number of hydrogen-bond donors (Lipinski definition) is 1. The second-order valence-electron chi connectivity index (χ2n) is 8.35. The van der Waals surface area contributed by atoms with Gasteiger partial charge in [-0.2, -0.15) is 13.2 Å². The molecule has 188 valence electrons. The Kier molecular flexibility index (Phi) is 6.90. The minimum Gasteiger partial charge on any atom is -0.348 e. The molecule has 0 radical (unpaired) electrons. The molecule has 10 heteroatoms. The number of nitrogens with zero attached hydrogens (tertiary/aromatic N) is 1. The Labute approximate surface area is 206 Å². The molecule has 0 saturated heterocycles. The van der Waals surface area contributed by atoms with Gasteiger partial charge in [-0.3, -0.25) is 9.59 Å². The molecule has 0 saturated carbocycles. The largest absolute Gasteiger partial charge is 0.416 e. The molecule has 1 aliphatic heterocycles. The lowest BCUT2D eigenvalue weighted by Crippen LogP contribution is -2.38. The van der Waals surface area contributed by atoms with Crippen LogP contribution in [0.2, 0.25) is 0 Å². The van der Waals surface area contributed by atoms with Gasteiger partial charge in [0, 0.05) is 29.9 Å². The van der Waals surface area contributed by atoms with Gasteiger partial charge in [0.15, 0.2) is 9.84 Å². The van der Waals surface area contributed by atoms with Crippen molar-refractivity contribution >= 4 is 27.3 Å². The first-order chi connectivity index (χ1) is 17.0. The van der Waals surface area contributed by atoms with Crippen LogP contribution in [-0.2, 0) is 29.0 Å². The first kappa shape index (κ1) is 25.4. The van der Waals surface area contributed by atoms with Gasteiger partial charge in [-0.15, -0.1) is 0 Å². The molecule has 6 nitrogen and oxygen atoms in total. The Bertz CT molecular complexity index is 1400. The van der Waals surface area contributed by atoms with Crippen LogP contribution in [0.1, 0.15) is 44.3 Å². The first-order valence-corrected chi connectivity index (χ1v) is 12.9. The maximum absolute atomic E-state index is 13.1. The second kappa shape index (κ2) is 9.77. The SMILES string of the molecule is CCS(=O)(=O)c1ccc(CNC(=O)c2ccc3c(c2)C(=O)N(c2ccc(C(F)(F)F)cc2)CC3)cc1. The van der Waals surface area contributed by atoms with Crippen molar-refractivity contribution in [3.8, 4) is 0 Å². The third kappa shape index (κ3) is 5.28. The number of benzene rings is 3. The zero-order valence-corrected chi connectivity index (χ0v) is 20.1. The monoisotopic (exact) mass is 516 g/mol. The molecule has 0 unspecified atom stereocenters. The number of rotatable bonds is 6. The molecular formula is C26H23F3N2O4S. The van der Waals surface area contributed by atoms with Crippen molar-refractivity contribution in [1.82, 2.24) is 5.32 Å². The third-order valence-electron chi connectivity index (χ3n) is 6.07. The molecule has 2 amide bonds. The Morgan fingerprint density at radius 1 is 1.00 bits per heavy atom. The van der Waals surface area contributed by atoms with E-state index < -0.39 is 33.4 Å². The Morgan fingerprint density at radius 3 is 2.28 bits per heavy atom. The summed E-state index contributed by atoms with van der Waals surface area (Å²) >= 11 is 0. The van der Waals surface area contributed by atoms with Crippen molar-refractivity contribution in [2.75, 3.05) is 17.2 Å². The van der Waals surface area contributed by atoms with E-state index in [0.29, 0.717) is 29.8 Å². The number of halogens is 3. The van der Waals surface area contributed by atoms with Crippen LogP contribution in [-0.4, -0.2) is 32.5 Å². The Balaban J connectivity index is 1.47. The van der Waals surface area contributed by atoms with E-state index in [1.54, 1.807) is 31.2 Å². The van der Waals surface area contributed by atoms with Crippen molar-refractivity contribution in [3.05, 3.63) is 94.5 Å². The molecule has 0 bridgehead atoms. The van der Waals surface area contributed by atoms with E-state index in [1.165, 1.54) is 35.2 Å². The third-order valence-corrected chi connectivity index (χ3v) is 7.82. The van der Waals surface area contributed by atoms with E-state index in [0.717, 1.165) is 17.7 Å². The van der Waals surface area contributed by atoms with Gasteiger partial charge in [-0.1, -0.05) is 25.1 Å². The van der Waals surface area contributed by atoms with Crippen LogP contribution in [0.25, 0.3) is 0 Å². The minimum absolute atomic E-state index is 0.00354. The molecular weight excluding hydrogens is 493 g/mol.